The van der Waals surface area contributed by atoms with E-state index in [1.54, 1.807) is 35.4 Å². The van der Waals surface area contributed by atoms with Gasteiger partial charge in [0.15, 0.2) is 0 Å². The molecule has 33 heavy (non-hydrogen) atoms. The molecule has 2 saturated heterocycles. The number of carbonyl (C=O) groups is 1. The summed E-state index contributed by atoms with van der Waals surface area (Å²) >= 11 is 6.29. The summed E-state index contributed by atoms with van der Waals surface area (Å²) in [5, 5.41) is 0.589. The lowest BCUT2D eigenvalue weighted by molar-refractivity contribution is 0.0747. The molecule has 0 unspecified atom stereocenters. The highest BCUT2D eigenvalue weighted by atomic mass is 35.5. The molecule has 1 amide bonds. The fraction of sp³-hybridized carbons (Fsp3) is 0.478. The number of anilines is 2. The van der Waals surface area contributed by atoms with E-state index in [2.05, 4.69) is 14.8 Å². The Bertz CT molecular complexity index is 1110. The van der Waals surface area contributed by atoms with E-state index < -0.39 is 10.0 Å². The molecule has 8 nitrogen and oxygen atoms in total. The van der Waals surface area contributed by atoms with Gasteiger partial charge in [-0.05, 0) is 49.6 Å². The lowest BCUT2D eigenvalue weighted by Gasteiger charge is -2.37. The normalized spacial score (nSPS) is 17.5. The Hall–Kier alpha value is -2.36. The van der Waals surface area contributed by atoms with Gasteiger partial charge in [0.2, 0.25) is 10.0 Å². The van der Waals surface area contributed by atoms with E-state index in [1.165, 1.54) is 24.8 Å². The maximum atomic E-state index is 13.7. The summed E-state index contributed by atoms with van der Waals surface area (Å²) in [6.45, 7) is 3.97. The van der Waals surface area contributed by atoms with Crippen LogP contribution in [0.25, 0.3) is 0 Å². The topological polar surface area (TPSA) is 77.1 Å². The molecule has 2 aliphatic rings. The van der Waals surface area contributed by atoms with Crippen molar-refractivity contribution in [3.63, 3.8) is 0 Å². The summed E-state index contributed by atoms with van der Waals surface area (Å²) in [5.74, 6) is 0.581. The van der Waals surface area contributed by atoms with Gasteiger partial charge in [-0.1, -0.05) is 11.6 Å². The maximum Gasteiger partial charge on any atom is 0.256 e. The lowest BCUT2D eigenvalue weighted by Crippen LogP contribution is -2.49. The Kier molecular flexibility index (Phi) is 7.11. The van der Waals surface area contributed by atoms with Crippen molar-refractivity contribution in [1.82, 2.24) is 14.2 Å². The standard InChI is InChI=1S/C23H30ClN5O3S/c1-26(2)33(31,32)18-8-9-21(27-11-4-3-5-12-27)19(17-18)23(30)29-15-13-28(14-16-29)22-20(24)7-6-10-25-22/h6-10,17H,3-5,11-16H2,1-2H3. The highest BCUT2D eigenvalue weighted by Gasteiger charge is 2.29. The van der Waals surface area contributed by atoms with Gasteiger partial charge >= 0.3 is 0 Å². The van der Waals surface area contributed by atoms with Crippen molar-refractivity contribution in [2.45, 2.75) is 24.2 Å². The summed E-state index contributed by atoms with van der Waals surface area (Å²) in [4.78, 5) is 24.2. The molecule has 178 valence electrons. The third kappa shape index (κ3) is 4.95. The number of carbonyl (C=O) groups excluding carboxylic acids is 1. The number of piperidine rings is 1. The number of piperazine rings is 1. The number of benzene rings is 1. The molecule has 0 N–H and O–H groups in total. The Balaban J connectivity index is 1.60. The second kappa shape index (κ2) is 9.87. The molecule has 1 aromatic carbocycles. The molecular weight excluding hydrogens is 462 g/mol. The van der Waals surface area contributed by atoms with Gasteiger partial charge in [0.05, 0.1) is 15.5 Å². The number of sulfonamides is 1. The molecular formula is C23H30ClN5O3S. The van der Waals surface area contributed by atoms with E-state index in [0.29, 0.717) is 36.8 Å². The van der Waals surface area contributed by atoms with Crippen molar-refractivity contribution in [2.24, 2.45) is 0 Å². The number of halogens is 1. The third-order valence-corrected chi connectivity index (χ3v) is 8.39. The van der Waals surface area contributed by atoms with Gasteiger partial charge < -0.3 is 14.7 Å². The van der Waals surface area contributed by atoms with Gasteiger partial charge in [-0.3, -0.25) is 4.79 Å². The maximum absolute atomic E-state index is 13.7. The van der Waals surface area contributed by atoms with Crippen LogP contribution in [0, 0.1) is 0 Å². The van der Waals surface area contributed by atoms with Gasteiger partial charge in [0.25, 0.3) is 5.91 Å². The summed E-state index contributed by atoms with van der Waals surface area (Å²) in [7, 11) is -0.653. The molecule has 10 heteroatoms. The van der Waals surface area contributed by atoms with E-state index in [1.807, 2.05) is 6.07 Å². The average molecular weight is 492 g/mol. The van der Waals surface area contributed by atoms with Gasteiger partial charge in [0.1, 0.15) is 5.82 Å². The molecule has 0 aliphatic carbocycles. The van der Waals surface area contributed by atoms with Crippen molar-refractivity contribution >= 4 is 39.0 Å². The predicted molar refractivity (Wildman–Crippen MR) is 131 cm³/mol. The van der Waals surface area contributed by atoms with E-state index in [9.17, 15) is 13.2 Å². The molecule has 0 spiro atoms. The Morgan fingerprint density at radius 2 is 1.67 bits per heavy atom. The highest BCUT2D eigenvalue weighted by Crippen LogP contribution is 2.30. The van der Waals surface area contributed by atoms with E-state index in [-0.39, 0.29) is 10.8 Å². The zero-order chi connectivity index (χ0) is 23.6. The van der Waals surface area contributed by atoms with Gasteiger partial charge in [-0.2, -0.15) is 0 Å². The quantitative estimate of drug-likeness (QED) is 0.640. The first-order valence-electron chi connectivity index (χ1n) is 11.3. The molecule has 1 aromatic heterocycles. The first-order chi connectivity index (χ1) is 15.8. The number of aromatic nitrogens is 1. The van der Waals surface area contributed by atoms with Crippen LogP contribution in [0.1, 0.15) is 29.6 Å². The van der Waals surface area contributed by atoms with Crippen LogP contribution in [0.2, 0.25) is 5.02 Å². The van der Waals surface area contributed by atoms with Crippen molar-refractivity contribution < 1.29 is 13.2 Å². The van der Waals surface area contributed by atoms with Crippen LogP contribution in [-0.4, -0.2) is 81.9 Å². The minimum Gasteiger partial charge on any atom is -0.371 e. The number of pyridine rings is 1. The van der Waals surface area contributed by atoms with Crippen LogP contribution >= 0.6 is 11.6 Å². The van der Waals surface area contributed by atoms with Gasteiger partial charge in [0, 0.05) is 65.2 Å². The summed E-state index contributed by atoms with van der Waals surface area (Å²) < 4.78 is 26.7. The van der Waals surface area contributed by atoms with Crippen molar-refractivity contribution in [1.29, 1.82) is 0 Å². The number of hydrogen-bond donors (Lipinski definition) is 0. The van der Waals surface area contributed by atoms with Crippen molar-refractivity contribution in [3.05, 3.63) is 47.1 Å². The molecule has 0 radical (unpaired) electrons. The van der Waals surface area contributed by atoms with E-state index >= 15 is 0 Å². The molecule has 4 rings (SSSR count). The highest BCUT2D eigenvalue weighted by molar-refractivity contribution is 7.89. The van der Waals surface area contributed by atoms with Crippen LogP contribution in [0.3, 0.4) is 0 Å². The van der Waals surface area contributed by atoms with Crippen LogP contribution in [0.5, 0.6) is 0 Å². The second-order valence-corrected chi connectivity index (χ2v) is 11.2. The van der Waals surface area contributed by atoms with Crippen molar-refractivity contribution in [2.75, 3.05) is 63.2 Å². The van der Waals surface area contributed by atoms with Gasteiger partial charge in [-0.25, -0.2) is 17.7 Å². The van der Waals surface area contributed by atoms with Crippen LogP contribution in [0.4, 0.5) is 11.5 Å². The van der Waals surface area contributed by atoms with Crippen molar-refractivity contribution in [3.8, 4) is 0 Å². The summed E-state index contributed by atoms with van der Waals surface area (Å²) in [6.07, 6.45) is 5.01. The van der Waals surface area contributed by atoms with Gasteiger partial charge in [-0.15, -0.1) is 0 Å². The average Bonchev–Trinajstić information content (AvgIpc) is 2.84. The summed E-state index contributed by atoms with van der Waals surface area (Å²) in [5.41, 5.74) is 1.26. The Morgan fingerprint density at radius 3 is 2.30 bits per heavy atom. The fourth-order valence-corrected chi connectivity index (χ4v) is 5.54. The number of rotatable bonds is 5. The first-order valence-corrected chi connectivity index (χ1v) is 13.1. The molecule has 2 aromatic rings. The zero-order valence-electron chi connectivity index (χ0n) is 19.1. The fourth-order valence-electron chi connectivity index (χ4n) is 4.37. The second-order valence-electron chi connectivity index (χ2n) is 8.60. The minimum absolute atomic E-state index is 0.135. The zero-order valence-corrected chi connectivity index (χ0v) is 20.6. The van der Waals surface area contributed by atoms with Crippen LogP contribution in [-0.2, 0) is 10.0 Å². The van der Waals surface area contributed by atoms with Crippen LogP contribution < -0.4 is 9.80 Å². The smallest absolute Gasteiger partial charge is 0.256 e. The Labute approximate surface area is 200 Å². The van der Waals surface area contributed by atoms with Crippen LogP contribution in [0.15, 0.2) is 41.4 Å². The molecule has 3 heterocycles. The Morgan fingerprint density at radius 1 is 0.970 bits per heavy atom. The molecule has 0 bridgehead atoms. The largest absolute Gasteiger partial charge is 0.371 e. The third-order valence-electron chi connectivity index (χ3n) is 6.28. The number of hydrogen-bond acceptors (Lipinski definition) is 6. The monoisotopic (exact) mass is 491 g/mol. The number of amides is 1. The first kappa shape index (κ1) is 23.8. The minimum atomic E-state index is -3.65. The van der Waals surface area contributed by atoms with E-state index in [4.69, 9.17) is 11.6 Å². The predicted octanol–water partition coefficient (Wildman–Crippen LogP) is 2.94. The lowest BCUT2D eigenvalue weighted by atomic mass is 10.1. The molecule has 0 atom stereocenters. The molecule has 2 fully saturated rings. The molecule has 0 saturated carbocycles. The SMILES string of the molecule is CN(C)S(=O)(=O)c1ccc(N2CCCCC2)c(C(=O)N2CCN(c3ncccc3Cl)CC2)c1. The number of nitrogens with zero attached hydrogens (tertiary/aromatic N) is 5. The van der Waals surface area contributed by atoms with E-state index in [0.717, 1.165) is 37.4 Å². The molecule has 2 aliphatic heterocycles. The summed E-state index contributed by atoms with van der Waals surface area (Å²) in [6, 6.07) is 8.55.